The van der Waals surface area contributed by atoms with Crippen LogP contribution in [0.15, 0.2) is 72.9 Å². The Morgan fingerprint density at radius 2 is 1.64 bits per heavy atom. The van der Waals surface area contributed by atoms with Crippen LogP contribution in [0.2, 0.25) is 0 Å². The van der Waals surface area contributed by atoms with E-state index in [4.69, 9.17) is 0 Å². The Morgan fingerprint density at radius 1 is 0.970 bits per heavy atom. The predicted molar refractivity (Wildman–Crippen MR) is 118 cm³/mol. The fourth-order valence-electron chi connectivity index (χ4n) is 3.67. The number of amides is 3. The summed E-state index contributed by atoms with van der Waals surface area (Å²) in [6.07, 6.45) is -3.76. The molecule has 2 aromatic carbocycles. The molecule has 1 saturated heterocycles. The van der Waals surface area contributed by atoms with E-state index in [0.29, 0.717) is 6.07 Å². The summed E-state index contributed by atoms with van der Waals surface area (Å²) in [6, 6.07) is 18.0. The quantitative estimate of drug-likeness (QED) is 0.511. The van der Waals surface area contributed by atoms with Gasteiger partial charge in [-0.05, 0) is 49.7 Å². The Balaban J connectivity index is 1.65. The molecule has 2 heterocycles. The van der Waals surface area contributed by atoms with Crippen molar-refractivity contribution in [1.29, 1.82) is 0 Å². The molecule has 1 fully saturated rings. The number of nitrogens with zero attached hydrogens (tertiary/aromatic N) is 3. The number of nitrogens with one attached hydrogen (secondary N) is 1. The Labute approximate surface area is 188 Å². The first-order valence-corrected chi connectivity index (χ1v) is 10.2. The number of hydrogen-bond donors (Lipinski definition) is 1. The van der Waals surface area contributed by atoms with Crippen LogP contribution in [-0.4, -0.2) is 27.4 Å². The fourth-order valence-corrected chi connectivity index (χ4v) is 3.67. The molecule has 0 bridgehead atoms. The van der Waals surface area contributed by atoms with Crippen LogP contribution in [0.25, 0.3) is 0 Å². The van der Waals surface area contributed by atoms with Crippen LogP contribution in [0.3, 0.4) is 0 Å². The van der Waals surface area contributed by atoms with Crippen molar-refractivity contribution in [2.75, 3.05) is 10.2 Å². The van der Waals surface area contributed by atoms with Crippen molar-refractivity contribution in [2.45, 2.75) is 32.1 Å². The Bertz CT molecular complexity index is 1200. The van der Waals surface area contributed by atoms with Gasteiger partial charge in [-0.1, -0.05) is 36.4 Å². The van der Waals surface area contributed by atoms with Gasteiger partial charge < -0.3 is 10.2 Å². The van der Waals surface area contributed by atoms with Gasteiger partial charge in [0.1, 0.15) is 11.2 Å². The summed E-state index contributed by atoms with van der Waals surface area (Å²) in [4.78, 5) is 31.8. The van der Waals surface area contributed by atoms with Crippen LogP contribution < -0.4 is 10.2 Å². The van der Waals surface area contributed by atoms with Crippen molar-refractivity contribution in [3.05, 3.63) is 84.2 Å². The number of para-hydroxylation sites is 2. The maximum Gasteiger partial charge on any atom is 0.433 e. The third-order valence-corrected chi connectivity index (χ3v) is 5.51. The molecule has 0 spiro atoms. The van der Waals surface area contributed by atoms with E-state index in [1.54, 1.807) is 13.8 Å². The van der Waals surface area contributed by atoms with E-state index in [0.717, 1.165) is 28.0 Å². The first-order valence-electron chi connectivity index (χ1n) is 10.2. The number of benzene rings is 2. The van der Waals surface area contributed by atoms with Gasteiger partial charge in [0.05, 0.1) is 12.2 Å². The summed E-state index contributed by atoms with van der Waals surface area (Å²) in [6.45, 7) is 3.24. The lowest BCUT2D eigenvalue weighted by Gasteiger charge is -2.28. The van der Waals surface area contributed by atoms with Crippen molar-refractivity contribution in [3.8, 4) is 0 Å². The lowest BCUT2D eigenvalue weighted by molar-refractivity contribution is -0.141. The van der Waals surface area contributed by atoms with Gasteiger partial charge in [0.15, 0.2) is 0 Å². The third kappa shape index (κ3) is 4.26. The minimum atomic E-state index is -4.70. The van der Waals surface area contributed by atoms with Gasteiger partial charge in [-0.3, -0.25) is 9.78 Å². The molecule has 170 valence electrons. The van der Waals surface area contributed by atoms with Gasteiger partial charge in [0.2, 0.25) is 0 Å². The second-order valence-corrected chi connectivity index (χ2v) is 8.11. The molecule has 0 unspecified atom stereocenters. The molecule has 9 heteroatoms. The smallest absolute Gasteiger partial charge is 0.355 e. The zero-order valence-corrected chi connectivity index (χ0v) is 17.9. The summed E-state index contributed by atoms with van der Waals surface area (Å²) >= 11 is 0. The van der Waals surface area contributed by atoms with Crippen molar-refractivity contribution >= 4 is 29.0 Å². The Morgan fingerprint density at radius 3 is 2.33 bits per heavy atom. The summed E-state index contributed by atoms with van der Waals surface area (Å²) in [5, 5.41) is 3.30. The Hall–Kier alpha value is -3.88. The molecule has 1 aliphatic rings. The number of carbonyl (C=O) groups excluding carboxylic acids is 2. The normalized spacial score (nSPS) is 15.8. The summed E-state index contributed by atoms with van der Waals surface area (Å²) in [7, 11) is 0. The highest BCUT2D eigenvalue weighted by Gasteiger charge is 2.52. The number of imide groups is 1. The number of pyridine rings is 1. The molecular formula is C24H21F3N4O2. The molecule has 0 saturated carbocycles. The molecule has 1 N–H and O–H groups in total. The van der Waals surface area contributed by atoms with Crippen molar-refractivity contribution < 1.29 is 22.8 Å². The van der Waals surface area contributed by atoms with Crippen LogP contribution in [0.4, 0.5) is 35.0 Å². The van der Waals surface area contributed by atoms with Crippen LogP contribution >= 0.6 is 0 Å². The second-order valence-electron chi connectivity index (χ2n) is 8.11. The minimum absolute atomic E-state index is 0.0846. The highest BCUT2D eigenvalue weighted by Crippen LogP contribution is 2.36. The van der Waals surface area contributed by atoms with E-state index < -0.39 is 29.3 Å². The van der Waals surface area contributed by atoms with Crippen molar-refractivity contribution in [3.63, 3.8) is 0 Å². The van der Waals surface area contributed by atoms with Crippen LogP contribution in [0.5, 0.6) is 0 Å². The molecule has 3 amide bonds. The van der Waals surface area contributed by atoms with Crippen LogP contribution in [0.1, 0.15) is 25.1 Å². The summed E-state index contributed by atoms with van der Waals surface area (Å²) in [5.41, 5.74) is -0.248. The number of aromatic nitrogens is 1. The van der Waals surface area contributed by atoms with Gasteiger partial charge in [-0.25, -0.2) is 9.69 Å². The molecule has 4 rings (SSSR count). The standard InChI is InChI=1S/C24H21F3N4O2/c1-23(2)21(32)31(18-12-13-28-20(14-18)24(25,26)27)22(33)30(23)15-16-8-6-7-11-19(16)29-17-9-4-3-5-10-17/h3-14,29H,15H2,1-2H3. The molecule has 0 radical (unpaired) electrons. The average molecular weight is 454 g/mol. The van der Waals surface area contributed by atoms with Crippen molar-refractivity contribution in [1.82, 2.24) is 9.88 Å². The predicted octanol–water partition coefficient (Wildman–Crippen LogP) is 5.59. The number of urea groups is 1. The molecule has 1 aliphatic heterocycles. The van der Waals surface area contributed by atoms with Crippen LogP contribution in [0, 0.1) is 0 Å². The molecule has 3 aromatic rings. The number of alkyl halides is 3. The van der Waals surface area contributed by atoms with Crippen molar-refractivity contribution in [2.24, 2.45) is 0 Å². The van der Waals surface area contributed by atoms with E-state index >= 15 is 0 Å². The fraction of sp³-hybridized carbons (Fsp3) is 0.208. The van der Waals surface area contributed by atoms with E-state index in [-0.39, 0.29) is 12.2 Å². The third-order valence-electron chi connectivity index (χ3n) is 5.51. The maximum absolute atomic E-state index is 13.3. The molecule has 33 heavy (non-hydrogen) atoms. The number of anilines is 3. The SMILES string of the molecule is CC1(C)C(=O)N(c2ccnc(C(F)(F)F)c2)C(=O)N1Cc1ccccc1Nc1ccccc1. The molecule has 0 aliphatic carbocycles. The molecule has 1 aromatic heterocycles. The number of carbonyl (C=O) groups is 2. The lowest BCUT2D eigenvalue weighted by atomic mass is 10.0. The zero-order chi connectivity index (χ0) is 23.8. The average Bonchev–Trinajstić information content (AvgIpc) is 2.94. The largest absolute Gasteiger partial charge is 0.433 e. The van der Waals surface area contributed by atoms with Crippen LogP contribution in [-0.2, 0) is 17.5 Å². The van der Waals surface area contributed by atoms with Gasteiger partial charge in [0.25, 0.3) is 5.91 Å². The number of rotatable bonds is 5. The topological polar surface area (TPSA) is 65.5 Å². The van der Waals surface area contributed by atoms with E-state index in [2.05, 4.69) is 10.3 Å². The molecular weight excluding hydrogens is 433 g/mol. The first-order chi connectivity index (χ1) is 15.6. The van der Waals surface area contributed by atoms with Gasteiger partial charge >= 0.3 is 12.2 Å². The summed E-state index contributed by atoms with van der Waals surface area (Å²) < 4.78 is 39.4. The number of halogens is 3. The zero-order valence-electron chi connectivity index (χ0n) is 17.9. The van der Waals surface area contributed by atoms with E-state index in [9.17, 15) is 22.8 Å². The minimum Gasteiger partial charge on any atom is -0.355 e. The molecule has 0 atom stereocenters. The second kappa shape index (κ2) is 8.23. The van der Waals surface area contributed by atoms with Gasteiger partial charge in [0, 0.05) is 17.6 Å². The lowest BCUT2D eigenvalue weighted by Crippen LogP contribution is -2.43. The molecule has 6 nitrogen and oxygen atoms in total. The maximum atomic E-state index is 13.3. The van der Waals surface area contributed by atoms with E-state index in [1.807, 2.05) is 54.6 Å². The van der Waals surface area contributed by atoms with Gasteiger partial charge in [-0.2, -0.15) is 13.2 Å². The summed E-state index contributed by atoms with van der Waals surface area (Å²) in [5.74, 6) is -0.611. The first kappa shape index (κ1) is 22.3. The Kier molecular flexibility index (Phi) is 5.57. The highest BCUT2D eigenvalue weighted by molar-refractivity contribution is 6.22. The monoisotopic (exact) mass is 454 g/mol. The number of hydrogen-bond acceptors (Lipinski definition) is 4. The van der Waals surface area contributed by atoms with E-state index in [1.165, 1.54) is 11.0 Å². The highest BCUT2D eigenvalue weighted by atomic mass is 19.4. The van der Waals surface area contributed by atoms with Gasteiger partial charge in [-0.15, -0.1) is 0 Å².